The number of alkyl halides is 3. The highest BCUT2D eigenvalue weighted by atomic mass is 35.5. The molecule has 1 N–H and O–H groups in total. The maximum absolute atomic E-state index is 13.5. The van der Waals surface area contributed by atoms with Gasteiger partial charge in [0, 0.05) is 10.6 Å². The molecule has 10 heteroatoms. The first-order chi connectivity index (χ1) is 12.2. The van der Waals surface area contributed by atoms with Crippen molar-refractivity contribution in [3.05, 3.63) is 71.4 Å². The van der Waals surface area contributed by atoms with Crippen LogP contribution >= 0.6 is 23.2 Å². The summed E-state index contributed by atoms with van der Waals surface area (Å²) in [5, 5.41) is 0.281. The molecule has 1 heterocycles. The van der Waals surface area contributed by atoms with E-state index >= 15 is 0 Å². The fraction of sp³-hybridized carbons (Fsp3) is 0.0625. The van der Waals surface area contributed by atoms with Crippen molar-refractivity contribution in [2.24, 2.45) is 0 Å². The molecule has 136 valence electrons. The summed E-state index contributed by atoms with van der Waals surface area (Å²) < 4.78 is 51.9. The van der Waals surface area contributed by atoms with E-state index in [2.05, 4.69) is 9.93 Å². The molecule has 1 aromatic heterocycles. The zero-order chi connectivity index (χ0) is 18.9. The van der Waals surface area contributed by atoms with Crippen molar-refractivity contribution in [1.29, 1.82) is 0 Å². The third-order valence-electron chi connectivity index (χ3n) is 3.40. The fourth-order valence-corrected chi connectivity index (χ4v) is 3.39. The van der Waals surface area contributed by atoms with Crippen molar-refractivity contribution in [2.75, 3.05) is 4.83 Å². The van der Waals surface area contributed by atoms with E-state index < -0.39 is 21.1 Å². The molecule has 0 aliphatic heterocycles. The number of benzene rings is 2. The van der Waals surface area contributed by atoms with E-state index in [4.69, 9.17) is 23.2 Å². The second-order valence-electron chi connectivity index (χ2n) is 5.24. The molecule has 0 amide bonds. The van der Waals surface area contributed by atoms with Crippen molar-refractivity contribution < 1.29 is 17.2 Å². The van der Waals surface area contributed by atoms with Crippen LogP contribution < -0.4 is 4.83 Å². The normalized spacial score (nSPS) is 12.2. The lowest BCUT2D eigenvalue weighted by molar-refractivity contribution is 0.0894. The van der Waals surface area contributed by atoms with Crippen LogP contribution in [-0.2, 0) is 15.4 Å². The number of hydrogen-bond acceptors (Lipinski definition) is 3. The van der Waals surface area contributed by atoms with Crippen molar-refractivity contribution >= 4 is 33.2 Å². The van der Waals surface area contributed by atoms with Gasteiger partial charge >= 0.3 is 5.38 Å². The van der Waals surface area contributed by atoms with Gasteiger partial charge in [-0.3, -0.25) is 0 Å². The van der Waals surface area contributed by atoms with Gasteiger partial charge in [0.15, 0.2) is 5.69 Å². The van der Waals surface area contributed by atoms with E-state index in [1.165, 1.54) is 24.3 Å². The quantitative estimate of drug-likeness (QED) is 0.624. The molecule has 3 aromatic rings. The number of hydrogen-bond donors (Lipinski definition) is 1. The summed E-state index contributed by atoms with van der Waals surface area (Å²) >= 11 is 10.9. The van der Waals surface area contributed by atoms with Gasteiger partial charge in [-0.15, -0.1) is 5.10 Å². The molecular weight excluding hydrogens is 407 g/mol. The largest absolute Gasteiger partial charge is 0.366 e. The summed E-state index contributed by atoms with van der Waals surface area (Å²) in [5.41, 5.74) is -0.291. The number of halogens is 4. The maximum atomic E-state index is 13.5. The van der Waals surface area contributed by atoms with Crippen molar-refractivity contribution in [1.82, 2.24) is 9.89 Å². The van der Waals surface area contributed by atoms with Crippen LogP contribution in [0.4, 0.5) is 8.78 Å². The highest BCUT2D eigenvalue weighted by molar-refractivity contribution is 7.92. The Morgan fingerprint density at radius 2 is 1.65 bits per heavy atom. The number of nitrogens with one attached hydrogen (secondary N) is 1. The predicted molar refractivity (Wildman–Crippen MR) is 95.4 cm³/mol. The molecule has 3 rings (SSSR count). The van der Waals surface area contributed by atoms with Crippen LogP contribution in [0.3, 0.4) is 0 Å². The van der Waals surface area contributed by atoms with Gasteiger partial charge in [0.25, 0.3) is 10.0 Å². The summed E-state index contributed by atoms with van der Waals surface area (Å²) in [5.74, 6) is 0. The van der Waals surface area contributed by atoms with Gasteiger partial charge in [0.1, 0.15) is 0 Å². The van der Waals surface area contributed by atoms with Crippen molar-refractivity contribution in [3.8, 4) is 11.3 Å². The Kier molecular flexibility index (Phi) is 4.92. The number of aromatic nitrogens is 2. The Balaban J connectivity index is 2.08. The van der Waals surface area contributed by atoms with Crippen LogP contribution in [0, 0.1) is 0 Å². The van der Waals surface area contributed by atoms with Gasteiger partial charge in [-0.25, -0.2) is 0 Å². The molecule has 0 spiro atoms. The molecule has 0 bridgehead atoms. The molecule has 0 aliphatic rings. The van der Waals surface area contributed by atoms with Crippen molar-refractivity contribution in [3.63, 3.8) is 0 Å². The van der Waals surface area contributed by atoms with Gasteiger partial charge < -0.3 is 0 Å². The summed E-state index contributed by atoms with van der Waals surface area (Å²) in [6, 6.07) is 14.6. The Morgan fingerprint density at radius 1 is 1.04 bits per heavy atom. The molecule has 0 saturated carbocycles. The van der Waals surface area contributed by atoms with Crippen LogP contribution in [0.15, 0.2) is 65.6 Å². The van der Waals surface area contributed by atoms with Crippen LogP contribution in [0.1, 0.15) is 5.69 Å². The first-order valence-corrected chi connectivity index (χ1v) is 9.42. The lowest BCUT2D eigenvalue weighted by Gasteiger charge is -2.11. The predicted octanol–water partition coefficient (Wildman–Crippen LogP) is 4.42. The molecule has 26 heavy (non-hydrogen) atoms. The fourth-order valence-electron chi connectivity index (χ4n) is 2.18. The molecule has 0 unspecified atom stereocenters. The van der Waals surface area contributed by atoms with Crippen LogP contribution in [0.5, 0.6) is 0 Å². The summed E-state index contributed by atoms with van der Waals surface area (Å²) in [6.07, 6.45) is 0. The molecule has 2 aromatic carbocycles. The molecule has 0 radical (unpaired) electrons. The van der Waals surface area contributed by atoms with E-state index in [0.717, 1.165) is 10.9 Å². The van der Waals surface area contributed by atoms with Gasteiger partial charge in [-0.1, -0.05) is 41.9 Å². The highest BCUT2D eigenvalue weighted by Crippen LogP contribution is 2.34. The standard InChI is InChI=1S/C16H11Cl2F2N3O2S/c17-12-8-6-11(7-9-12)14-10-15(16(18,19)20)21-23(14)22-26(24,25)13-4-2-1-3-5-13/h1-10,22H. The van der Waals surface area contributed by atoms with Gasteiger partial charge in [0.05, 0.1) is 10.6 Å². The summed E-state index contributed by atoms with van der Waals surface area (Å²) in [7, 11) is -4.05. The van der Waals surface area contributed by atoms with Gasteiger partial charge in [-0.2, -0.15) is 26.8 Å². The molecule has 5 nitrogen and oxygen atoms in total. The van der Waals surface area contributed by atoms with E-state index in [1.54, 1.807) is 30.3 Å². The topological polar surface area (TPSA) is 64.0 Å². The molecule has 0 fully saturated rings. The zero-order valence-corrected chi connectivity index (χ0v) is 15.2. The maximum Gasteiger partial charge on any atom is 0.366 e. The Bertz CT molecular complexity index is 1020. The van der Waals surface area contributed by atoms with Crippen LogP contribution in [0.25, 0.3) is 11.3 Å². The third-order valence-corrected chi connectivity index (χ3v) is 5.15. The van der Waals surface area contributed by atoms with Crippen LogP contribution in [-0.4, -0.2) is 18.3 Å². The van der Waals surface area contributed by atoms with E-state index in [1.807, 2.05) is 0 Å². The molecule has 0 atom stereocenters. The molecular formula is C16H11Cl2F2N3O2S. The zero-order valence-electron chi connectivity index (χ0n) is 12.9. The summed E-state index contributed by atoms with van der Waals surface area (Å²) in [4.78, 5) is 2.86. The lowest BCUT2D eigenvalue weighted by atomic mass is 10.1. The SMILES string of the molecule is O=S(=O)(Nn1nc(C(F)(F)Cl)cc1-c1ccc(Cl)cc1)c1ccccc1. The second kappa shape index (κ2) is 6.86. The smallest absolute Gasteiger partial charge is 0.200 e. The number of sulfonamides is 1. The van der Waals surface area contributed by atoms with E-state index in [9.17, 15) is 17.2 Å². The number of rotatable bonds is 5. The Labute approximate surface area is 158 Å². The minimum atomic E-state index is -4.05. The first-order valence-electron chi connectivity index (χ1n) is 7.18. The lowest BCUT2D eigenvalue weighted by Crippen LogP contribution is -2.25. The van der Waals surface area contributed by atoms with Crippen LogP contribution in [0.2, 0.25) is 5.02 Å². The monoisotopic (exact) mass is 417 g/mol. The number of nitrogens with zero attached hydrogens (tertiary/aromatic N) is 2. The highest BCUT2D eigenvalue weighted by Gasteiger charge is 2.33. The Hall–Kier alpha value is -2.16. The average molecular weight is 418 g/mol. The van der Waals surface area contributed by atoms with Gasteiger partial charge in [-0.05, 0) is 41.9 Å². The minimum absolute atomic E-state index is 0.0447. The van der Waals surface area contributed by atoms with E-state index in [-0.39, 0.29) is 10.6 Å². The minimum Gasteiger partial charge on any atom is -0.200 e. The molecule has 0 aliphatic carbocycles. The summed E-state index contributed by atoms with van der Waals surface area (Å²) in [6.45, 7) is 0. The first kappa shape index (κ1) is 18.6. The second-order valence-corrected chi connectivity index (χ2v) is 7.81. The van der Waals surface area contributed by atoms with E-state index in [0.29, 0.717) is 10.6 Å². The van der Waals surface area contributed by atoms with Crippen molar-refractivity contribution in [2.45, 2.75) is 10.3 Å². The third kappa shape index (κ3) is 3.98. The van der Waals surface area contributed by atoms with Gasteiger partial charge in [0.2, 0.25) is 0 Å². The Morgan fingerprint density at radius 3 is 2.23 bits per heavy atom. The molecule has 0 saturated heterocycles. The average Bonchev–Trinajstić information content (AvgIpc) is 3.00.